The fraction of sp³-hybridized carbons (Fsp3) is 0.700. The van der Waals surface area contributed by atoms with Gasteiger partial charge in [-0.2, -0.15) is 18.3 Å². The molecule has 6 heteroatoms. The lowest BCUT2D eigenvalue weighted by atomic mass is 10.00. The van der Waals surface area contributed by atoms with E-state index in [4.69, 9.17) is 0 Å². The van der Waals surface area contributed by atoms with Crippen LogP contribution in [-0.4, -0.2) is 29.0 Å². The molecule has 1 aromatic rings. The van der Waals surface area contributed by atoms with Crippen molar-refractivity contribution in [3.8, 4) is 0 Å². The van der Waals surface area contributed by atoms with Gasteiger partial charge in [-0.25, -0.2) is 0 Å². The molecular formula is C10H14F3N3. The summed E-state index contributed by atoms with van der Waals surface area (Å²) in [6, 6.07) is 1.44. The standard InChI is InChI=1S/C10H14F3N3/c11-10(12,13)5-9-1-3-15-16(9)4-2-8-6-14-7-8/h1,3,8,14H,2,4-7H2. The van der Waals surface area contributed by atoms with Gasteiger partial charge in [0.1, 0.15) is 0 Å². The van der Waals surface area contributed by atoms with Gasteiger partial charge in [0, 0.05) is 18.4 Å². The van der Waals surface area contributed by atoms with Crippen molar-refractivity contribution in [2.75, 3.05) is 13.1 Å². The van der Waals surface area contributed by atoms with Crippen molar-refractivity contribution < 1.29 is 13.2 Å². The van der Waals surface area contributed by atoms with Crippen molar-refractivity contribution in [1.82, 2.24) is 15.1 Å². The van der Waals surface area contributed by atoms with Gasteiger partial charge in [0.25, 0.3) is 0 Å². The molecule has 0 saturated carbocycles. The van der Waals surface area contributed by atoms with E-state index >= 15 is 0 Å². The Labute approximate surface area is 91.6 Å². The number of aryl methyl sites for hydroxylation is 1. The number of halogens is 3. The summed E-state index contributed by atoms with van der Waals surface area (Å²) in [5.41, 5.74) is 0.250. The fourth-order valence-corrected chi connectivity index (χ4v) is 1.77. The highest BCUT2D eigenvalue weighted by molar-refractivity contribution is 5.02. The Balaban J connectivity index is 1.90. The van der Waals surface area contributed by atoms with Crippen molar-refractivity contribution in [2.24, 2.45) is 5.92 Å². The average Bonchev–Trinajstić information content (AvgIpc) is 2.47. The molecule has 0 bridgehead atoms. The number of aromatic nitrogens is 2. The maximum absolute atomic E-state index is 12.2. The number of nitrogens with one attached hydrogen (secondary N) is 1. The van der Waals surface area contributed by atoms with Gasteiger partial charge < -0.3 is 5.32 Å². The number of hydrogen-bond donors (Lipinski definition) is 1. The monoisotopic (exact) mass is 233 g/mol. The second kappa shape index (κ2) is 4.45. The first-order valence-corrected chi connectivity index (χ1v) is 5.33. The Kier molecular flexibility index (Phi) is 3.18. The van der Waals surface area contributed by atoms with E-state index in [1.54, 1.807) is 0 Å². The van der Waals surface area contributed by atoms with E-state index in [1.165, 1.54) is 16.9 Å². The molecule has 16 heavy (non-hydrogen) atoms. The Morgan fingerprint density at radius 1 is 1.44 bits per heavy atom. The molecule has 2 heterocycles. The highest BCUT2D eigenvalue weighted by Gasteiger charge is 2.29. The third kappa shape index (κ3) is 2.98. The lowest BCUT2D eigenvalue weighted by Gasteiger charge is -2.27. The van der Waals surface area contributed by atoms with E-state index in [0.29, 0.717) is 12.5 Å². The predicted molar refractivity (Wildman–Crippen MR) is 53.0 cm³/mol. The van der Waals surface area contributed by atoms with Crippen LogP contribution in [0.4, 0.5) is 13.2 Å². The first-order valence-electron chi connectivity index (χ1n) is 5.33. The van der Waals surface area contributed by atoms with E-state index in [1.807, 2.05) is 0 Å². The smallest absolute Gasteiger partial charge is 0.316 e. The summed E-state index contributed by atoms with van der Waals surface area (Å²) in [6.07, 6.45) is -2.73. The zero-order valence-corrected chi connectivity index (χ0v) is 8.80. The molecule has 0 aromatic carbocycles. The lowest BCUT2D eigenvalue weighted by Crippen LogP contribution is -2.42. The second-order valence-corrected chi connectivity index (χ2v) is 4.15. The summed E-state index contributed by atoms with van der Waals surface area (Å²) in [7, 11) is 0. The van der Waals surface area contributed by atoms with Gasteiger partial charge in [0.2, 0.25) is 0 Å². The topological polar surface area (TPSA) is 29.9 Å². The summed E-state index contributed by atoms with van der Waals surface area (Å²) >= 11 is 0. The molecule has 0 unspecified atom stereocenters. The number of rotatable bonds is 4. The van der Waals surface area contributed by atoms with Gasteiger partial charge in [0.15, 0.2) is 0 Å². The zero-order valence-electron chi connectivity index (χ0n) is 8.80. The highest BCUT2D eigenvalue weighted by atomic mass is 19.4. The van der Waals surface area contributed by atoms with Crippen molar-refractivity contribution in [1.29, 1.82) is 0 Å². The Morgan fingerprint density at radius 2 is 2.19 bits per heavy atom. The first-order chi connectivity index (χ1) is 7.54. The SMILES string of the molecule is FC(F)(F)Cc1ccnn1CCC1CNC1. The Bertz CT molecular complexity index is 341. The summed E-state index contributed by atoms with van der Waals surface area (Å²) < 4.78 is 38.1. The van der Waals surface area contributed by atoms with Gasteiger partial charge in [-0.05, 0) is 31.5 Å². The third-order valence-electron chi connectivity index (χ3n) is 2.80. The van der Waals surface area contributed by atoms with Crippen molar-refractivity contribution in [3.63, 3.8) is 0 Å². The molecule has 0 radical (unpaired) electrons. The third-order valence-corrected chi connectivity index (χ3v) is 2.80. The van der Waals surface area contributed by atoms with Crippen molar-refractivity contribution in [3.05, 3.63) is 18.0 Å². The van der Waals surface area contributed by atoms with E-state index < -0.39 is 12.6 Å². The van der Waals surface area contributed by atoms with E-state index in [-0.39, 0.29) is 5.69 Å². The fourth-order valence-electron chi connectivity index (χ4n) is 1.77. The predicted octanol–water partition coefficient (Wildman–Crippen LogP) is 1.60. The maximum atomic E-state index is 12.2. The Hall–Kier alpha value is -1.04. The van der Waals surface area contributed by atoms with Crippen LogP contribution in [0.25, 0.3) is 0 Å². The maximum Gasteiger partial charge on any atom is 0.394 e. The lowest BCUT2D eigenvalue weighted by molar-refractivity contribution is -0.128. The normalized spacial score (nSPS) is 17.4. The van der Waals surface area contributed by atoms with Gasteiger partial charge in [0.05, 0.1) is 6.42 Å². The first kappa shape index (κ1) is 11.4. The van der Waals surface area contributed by atoms with Crippen LogP contribution in [0.1, 0.15) is 12.1 Å². The number of alkyl halides is 3. The minimum Gasteiger partial charge on any atom is -0.316 e. The van der Waals surface area contributed by atoms with Crippen LogP contribution in [-0.2, 0) is 13.0 Å². The second-order valence-electron chi connectivity index (χ2n) is 4.15. The molecule has 1 aliphatic rings. The molecule has 1 fully saturated rings. The van der Waals surface area contributed by atoms with E-state index in [2.05, 4.69) is 10.4 Å². The van der Waals surface area contributed by atoms with Crippen LogP contribution >= 0.6 is 0 Å². The summed E-state index contributed by atoms with van der Waals surface area (Å²) in [4.78, 5) is 0. The van der Waals surface area contributed by atoms with Gasteiger partial charge in [-0.15, -0.1) is 0 Å². The molecule has 90 valence electrons. The van der Waals surface area contributed by atoms with Gasteiger partial charge >= 0.3 is 6.18 Å². The molecule has 0 atom stereocenters. The van der Waals surface area contributed by atoms with Crippen LogP contribution in [0.5, 0.6) is 0 Å². The molecule has 1 N–H and O–H groups in total. The van der Waals surface area contributed by atoms with Gasteiger partial charge in [-0.1, -0.05) is 0 Å². The highest BCUT2D eigenvalue weighted by Crippen LogP contribution is 2.21. The van der Waals surface area contributed by atoms with Gasteiger partial charge in [-0.3, -0.25) is 4.68 Å². The van der Waals surface area contributed by atoms with Crippen LogP contribution in [0.2, 0.25) is 0 Å². The summed E-state index contributed by atoms with van der Waals surface area (Å²) in [5, 5.41) is 7.06. The molecule has 0 aliphatic carbocycles. The zero-order chi connectivity index (χ0) is 11.6. The molecule has 1 aromatic heterocycles. The minimum atomic E-state index is -4.16. The molecule has 0 spiro atoms. The van der Waals surface area contributed by atoms with E-state index in [9.17, 15) is 13.2 Å². The minimum absolute atomic E-state index is 0.250. The van der Waals surface area contributed by atoms with Crippen molar-refractivity contribution >= 4 is 0 Å². The van der Waals surface area contributed by atoms with Crippen LogP contribution in [0, 0.1) is 5.92 Å². The summed E-state index contributed by atoms with van der Waals surface area (Å²) in [6.45, 7) is 2.51. The molecule has 1 saturated heterocycles. The van der Waals surface area contributed by atoms with Crippen LogP contribution < -0.4 is 5.32 Å². The average molecular weight is 233 g/mol. The summed E-state index contributed by atoms with van der Waals surface area (Å²) in [5.74, 6) is 0.586. The Morgan fingerprint density at radius 3 is 2.75 bits per heavy atom. The van der Waals surface area contributed by atoms with Crippen molar-refractivity contribution in [2.45, 2.75) is 25.6 Å². The largest absolute Gasteiger partial charge is 0.394 e. The van der Waals surface area contributed by atoms with Crippen LogP contribution in [0.3, 0.4) is 0 Å². The van der Waals surface area contributed by atoms with E-state index in [0.717, 1.165) is 19.5 Å². The quantitative estimate of drug-likeness (QED) is 0.856. The number of hydrogen-bond acceptors (Lipinski definition) is 2. The molecule has 2 rings (SSSR count). The molecular weight excluding hydrogens is 219 g/mol. The molecule has 3 nitrogen and oxygen atoms in total. The molecule has 0 amide bonds. The number of nitrogens with zero attached hydrogens (tertiary/aromatic N) is 2. The van der Waals surface area contributed by atoms with Crippen LogP contribution in [0.15, 0.2) is 12.3 Å². The molecule has 1 aliphatic heterocycles.